The van der Waals surface area contributed by atoms with Crippen molar-refractivity contribution < 1.29 is 19.6 Å². The molecule has 0 aliphatic carbocycles. The highest BCUT2D eigenvalue weighted by Gasteiger charge is 2.26. The summed E-state index contributed by atoms with van der Waals surface area (Å²) < 4.78 is 0. The van der Waals surface area contributed by atoms with Crippen molar-refractivity contribution in [2.75, 3.05) is 24.3 Å². The normalized spacial score (nSPS) is 10.1. The molecule has 2 aromatic carbocycles. The van der Waals surface area contributed by atoms with E-state index in [9.17, 15) is 24.8 Å². The summed E-state index contributed by atoms with van der Waals surface area (Å²) in [5, 5.41) is 22.8. The second-order valence-corrected chi connectivity index (χ2v) is 5.16. The van der Waals surface area contributed by atoms with E-state index in [4.69, 9.17) is 0 Å². The first-order valence-corrected chi connectivity index (χ1v) is 6.90. The summed E-state index contributed by atoms with van der Waals surface area (Å²) in [7, 11) is 3.67. The van der Waals surface area contributed by atoms with E-state index in [2.05, 4.69) is 5.32 Å². The third-order valence-corrected chi connectivity index (χ3v) is 3.32. The molecule has 2 rings (SSSR count). The Bertz CT molecular complexity index is 817. The van der Waals surface area contributed by atoms with Crippen LogP contribution in [0.25, 0.3) is 0 Å². The van der Waals surface area contributed by atoms with Gasteiger partial charge >= 0.3 is 5.97 Å². The van der Waals surface area contributed by atoms with Crippen LogP contribution in [-0.4, -0.2) is 36.0 Å². The molecule has 24 heavy (non-hydrogen) atoms. The summed E-state index contributed by atoms with van der Waals surface area (Å²) in [5.41, 5.74) is -0.243. The lowest BCUT2D eigenvalue weighted by Crippen LogP contribution is -2.18. The topological polar surface area (TPSA) is 113 Å². The molecule has 2 N–H and O–H groups in total. The van der Waals surface area contributed by atoms with E-state index in [-0.39, 0.29) is 5.56 Å². The third kappa shape index (κ3) is 3.49. The minimum Gasteiger partial charge on any atom is -0.477 e. The van der Waals surface area contributed by atoms with E-state index >= 15 is 0 Å². The van der Waals surface area contributed by atoms with Crippen LogP contribution < -0.4 is 10.2 Å². The molecule has 0 spiro atoms. The number of nitro benzene ring substituents is 1. The number of nitrogens with zero attached hydrogens (tertiary/aromatic N) is 2. The van der Waals surface area contributed by atoms with Gasteiger partial charge in [0.25, 0.3) is 11.6 Å². The molecular weight excluding hydrogens is 314 g/mol. The predicted molar refractivity (Wildman–Crippen MR) is 88.8 cm³/mol. The lowest BCUT2D eigenvalue weighted by atomic mass is 10.0. The molecule has 0 fully saturated rings. The largest absolute Gasteiger partial charge is 0.477 e. The van der Waals surface area contributed by atoms with Crippen molar-refractivity contribution in [3.8, 4) is 0 Å². The van der Waals surface area contributed by atoms with Crippen LogP contribution in [0.5, 0.6) is 0 Å². The van der Waals surface area contributed by atoms with Crippen LogP contribution in [0.4, 0.5) is 17.1 Å². The Morgan fingerprint density at radius 1 is 1.17 bits per heavy atom. The smallest absolute Gasteiger partial charge is 0.343 e. The molecule has 0 heterocycles. The minimum absolute atomic E-state index is 0.271. The fraction of sp³-hybridized carbons (Fsp3) is 0.125. The number of carbonyl (C=O) groups is 2. The molecule has 0 saturated carbocycles. The number of carbonyl (C=O) groups excluding carboxylic acids is 1. The van der Waals surface area contributed by atoms with Gasteiger partial charge in [0.2, 0.25) is 0 Å². The molecule has 0 aromatic heterocycles. The maximum Gasteiger partial charge on any atom is 0.343 e. The van der Waals surface area contributed by atoms with Crippen molar-refractivity contribution in [2.45, 2.75) is 0 Å². The number of carboxylic acid groups (broad SMARTS) is 1. The van der Waals surface area contributed by atoms with Crippen LogP contribution in [-0.2, 0) is 0 Å². The molecule has 0 atom stereocenters. The van der Waals surface area contributed by atoms with Crippen LogP contribution in [0, 0.1) is 10.1 Å². The van der Waals surface area contributed by atoms with E-state index in [1.54, 1.807) is 18.2 Å². The van der Waals surface area contributed by atoms with Gasteiger partial charge in [-0.15, -0.1) is 0 Å². The number of hydrogen-bond donors (Lipinski definition) is 2. The maximum atomic E-state index is 12.4. The number of carboxylic acids is 1. The number of nitrogens with one attached hydrogen (secondary N) is 1. The Kier molecular flexibility index (Phi) is 4.78. The first-order chi connectivity index (χ1) is 11.3. The number of nitro groups is 1. The summed E-state index contributed by atoms with van der Waals surface area (Å²) in [6, 6.07) is 10.5. The van der Waals surface area contributed by atoms with E-state index in [1.807, 2.05) is 25.1 Å². The Morgan fingerprint density at radius 2 is 1.83 bits per heavy atom. The summed E-state index contributed by atoms with van der Waals surface area (Å²) >= 11 is 0. The zero-order valence-corrected chi connectivity index (χ0v) is 13.0. The number of anilines is 2. The summed E-state index contributed by atoms with van der Waals surface area (Å²) in [5.74, 6) is -2.26. The molecule has 0 aliphatic rings. The van der Waals surface area contributed by atoms with Gasteiger partial charge in [0.1, 0.15) is 5.56 Å². The van der Waals surface area contributed by atoms with Crippen LogP contribution >= 0.6 is 0 Å². The van der Waals surface area contributed by atoms with Crippen LogP contribution in [0.3, 0.4) is 0 Å². The molecule has 8 nitrogen and oxygen atoms in total. The minimum atomic E-state index is -1.53. The fourth-order valence-electron chi connectivity index (χ4n) is 2.17. The average Bonchev–Trinajstić information content (AvgIpc) is 2.54. The Hall–Kier alpha value is -3.42. The fourth-order valence-corrected chi connectivity index (χ4v) is 2.17. The van der Waals surface area contributed by atoms with Gasteiger partial charge in [-0.25, -0.2) is 4.79 Å². The van der Waals surface area contributed by atoms with Gasteiger partial charge in [0.15, 0.2) is 0 Å². The third-order valence-electron chi connectivity index (χ3n) is 3.32. The monoisotopic (exact) mass is 329 g/mol. The van der Waals surface area contributed by atoms with Crippen molar-refractivity contribution >= 4 is 28.9 Å². The van der Waals surface area contributed by atoms with E-state index < -0.39 is 28.1 Å². The quantitative estimate of drug-likeness (QED) is 0.644. The molecule has 0 unspecified atom stereocenters. The summed E-state index contributed by atoms with van der Waals surface area (Å²) in [6.45, 7) is 0. The highest BCUT2D eigenvalue weighted by atomic mass is 16.6. The van der Waals surface area contributed by atoms with Gasteiger partial charge in [-0.2, -0.15) is 0 Å². The molecule has 124 valence electrons. The molecule has 0 saturated heterocycles. The van der Waals surface area contributed by atoms with Crippen molar-refractivity contribution in [3.63, 3.8) is 0 Å². The lowest BCUT2D eigenvalue weighted by Gasteiger charge is -2.14. The van der Waals surface area contributed by atoms with Crippen molar-refractivity contribution in [1.82, 2.24) is 0 Å². The van der Waals surface area contributed by atoms with Gasteiger partial charge in [0.05, 0.1) is 10.5 Å². The molecule has 0 aliphatic heterocycles. The number of amides is 1. The van der Waals surface area contributed by atoms with E-state index in [1.165, 1.54) is 12.1 Å². The van der Waals surface area contributed by atoms with Crippen LogP contribution in [0.2, 0.25) is 0 Å². The summed E-state index contributed by atoms with van der Waals surface area (Å²) in [4.78, 5) is 35.7. The number of rotatable bonds is 5. The van der Waals surface area contributed by atoms with Gasteiger partial charge < -0.3 is 15.3 Å². The highest BCUT2D eigenvalue weighted by Crippen LogP contribution is 2.24. The molecule has 8 heteroatoms. The number of aromatic carboxylic acids is 1. The van der Waals surface area contributed by atoms with E-state index in [0.29, 0.717) is 5.69 Å². The van der Waals surface area contributed by atoms with E-state index in [0.717, 1.165) is 11.8 Å². The second kappa shape index (κ2) is 6.78. The number of hydrogen-bond acceptors (Lipinski definition) is 5. The van der Waals surface area contributed by atoms with Crippen molar-refractivity contribution in [2.24, 2.45) is 0 Å². The second-order valence-electron chi connectivity index (χ2n) is 5.16. The van der Waals surface area contributed by atoms with Crippen molar-refractivity contribution in [3.05, 3.63) is 63.7 Å². The molecular formula is C16H15N3O5. The first kappa shape index (κ1) is 16.9. The van der Waals surface area contributed by atoms with Gasteiger partial charge in [-0.05, 0) is 24.3 Å². The zero-order valence-electron chi connectivity index (χ0n) is 13.0. The van der Waals surface area contributed by atoms with Crippen LogP contribution in [0.15, 0.2) is 42.5 Å². The van der Waals surface area contributed by atoms with Gasteiger partial charge in [-0.3, -0.25) is 14.9 Å². The molecule has 1 amide bonds. The zero-order chi connectivity index (χ0) is 17.9. The molecule has 0 bridgehead atoms. The van der Waals surface area contributed by atoms with Crippen LogP contribution in [0.1, 0.15) is 20.7 Å². The highest BCUT2D eigenvalue weighted by molar-refractivity contribution is 6.12. The SMILES string of the molecule is CN(C)c1cccc(NC(=O)c2cccc([N+](=O)[O-])c2C(=O)O)c1. The first-order valence-electron chi connectivity index (χ1n) is 6.90. The lowest BCUT2D eigenvalue weighted by molar-refractivity contribution is -0.385. The van der Waals surface area contributed by atoms with Gasteiger partial charge in [-0.1, -0.05) is 12.1 Å². The molecule has 0 radical (unpaired) electrons. The number of benzene rings is 2. The summed E-state index contributed by atoms with van der Waals surface area (Å²) in [6.07, 6.45) is 0. The standard InChI is InChI=1S/C16H15N3O5/c1-18(2)11-6-3-5-10(9-11)17-15(20)12-7-4-8-13(19(23)24)14(12)16(21)22/h3-9H,1-2H3,(H,17,20)(H,21,22). The Balaban J connectivity index is 2.40. The maximum absolute atomic E-state index is 12.4. The van der Waals surface area contributed by atoms with Gasteiger partial charge in [0, 0.05) is 31.5 Å². The average molecular weight is 329 g/mol. The Morgan fingerprint density at radius 3 is 2.42 bits per heavy atom. The molecule has 2 aromatic rings. The predicted octanol–water partition coefficient (Wildman–Crippen LogP) is 2.61. The Labute approximate surface area is 137 Å². The van der Waals surface area contributed by atoms with Crippen molar-refractivity contribution in [1.29, 1.82) is 0 Å².